The number of nitrogens with one attached hydrogen (secondary N) is 1. The number of carbonyl (C=O) groups excluding carboxylic acids is 1. The van der Waals surface area contributed by atoms with Crippen molar-refractivity contribution in [2.45, 2.75) is 26.3 Å². The fraction of sp³-hybridized carbons (Fsp3) is 0.227. The molecule has 1 N–H and O–H groups in total. The molecule has 138 valence electrons. The second-order valence-electron chi connectivity index (χ2n) is 6.47. The van der Waals surface area contributed by atoms with E-state index in [4.69, 9.17) is 4.98 Å². The summed E-state index contributed by atoms with van der Waals surface area (Å²) in [6.07, 6.45) is 2.47. The quantitative estimate of drug-likeness (QED) is 0.706. The maximum Gasteiger partial charge on any atom is 0.256 e. The lowest BCUT2D eigenvalue weighted by Crippen LogP contribution is -2.33. The highest BCUT2D eigenvalue weighted by atomic mass is 16.1. The standard InChI is InChI=1S/C22H24N4O/c1-4-16(2)24-22(27)19-15-23-20(17-11-7-5-8-12-17)25-21(19)26(3)18-13-9-6-10-14-18/h5-16H,4H2,1-3H3,(H,24,27)/t16-/m1/s1. The van der Waals surface area contributed by atoms with Crippen LogP contribution in [0.15, 0.2) is 66.9 Å². The van der Waals surface area contributed by atoms with Gasteiger partial charge in [-0.3, -0.25) is 4.79 Å². The molecule has 1 amide bonds. The molecule has 0 radical (unpaired) electrons. The van der Waals surface area contributed by atoms with E-state index in [9.17, 15) is 4.79 Å². The van der Waals surface area contributed by atoms with Crippen molar-refractivity contribution >= 4 is 17.4 Å². The summed E-state index contributed by atoms with van der Waals surface area (Å²) in [6, 6.07) is 19.7. The van der Waals surface area contributed by atoms with E-state index in [1.807, 2.05) is 86.5 Å². The first-order valence-corrected chi connectivity index (χ1v) is 9.12. The van der Waals surface area contributed by atoms with Crippen molar-refractivity contribution in [3.63, 3.8) is 0 Å². The topological polar surface area (TPSA) is 58.1 Å². The summed E-state index contributed by atoms with van der Waals surface area (Å²) in [7, 11) is 1.91. The monoisotopic (exact) mass is 360 g/mol. The van der Waals surface area contributed by atoms with Gasteiger partial charge in [0.2, 0.25) is 0 Å². The second kappa shape index (κ2) is 8.45. The number of aromatic nitrogens is 2. The van der Waals surface area contributed by atoms with Crippen LogP contribution in [-0.4, -0.2) is 29.0 Å². The molecule has 3 aromatic rings. The van der Waals surface area contributed by atoms with E-state index in [2.05, 4.69) is 10.3 Å². The van der Waals surface area contributed by atoms with E-state index in [1.165, 1.54) is 0 Å². The Morgan fingerprint density at radius 2 is 1.70 bits per heavy atom. The summed E-state index contributed by atoms with van der Waals surface area (Å²) in [4.78, 5) is 23.9. The van der Waals surface area contributed by atoms with Gasteiger partial charge in [0.15, 0.2) is 5.82 Å². The summed E-state index contributed by atoms with van der Waals surface area (Å²) in [5, 5.41) is 3.01. The van der Waals surface area contributed by atoms with Crippen LogP contribution < -0.4 is 10.2 Å². The Morgan fingerprint density at radius 3 is 2.33 bits per heavy atom. The van der Waals surface area contributed by atoms with Crippen molar-refractivity contribution < 1.29 is 4.79 Å². The van der Waals surface area contributed by atoms with Crippen LogP contribution in [-0.2, 0) is 0 Å². The lowest BCUT2D eigenvalue weighted by Gasteiger charge is -2.22. The minimum absolute atomic E-state index is 0.0844. The Bertz CT molecular complexity index is 897. The average Bonchev–Trinajstić information content (AvgIpc) is 2.73. The third-order valence-corrected chi connectivity index (χ3v) is 4.50. The Labute approximate surface area is 160 Å². The SMILES string of the molecule is CC[C@@H](C)NC(=O)c1cnc(-c2ccccc2)nc1N(C)c1ccccc1. The lowest BCUT2D eigenvalue weighted by atomic mass is 10.1. The second-order valence-corrected chi connectivity index (χ2v) is 6.47. The molecule has 0 spiro atoms. The molecule has 0 aliphatic carbocycles. The van der Waals surface area contributed by atoms with E-state index in [0.29, 0.717) is 17.2 Å². The normalized spacial score (nSPS) is 11.7. The number of para-hydroxylation sites is 1. The smallest absolute Gasteiger partial charge is 0.256 e. The molecule has 5 nitrogen and oxygen atoms in total. The average molecular weight is 360 g/mol. The fourth-order valence-corrected chi connectivity index (χ4v) is 2.69. The molecule has 2 aromatic carbocycles. The number of nitrogens with zero attached hydrogens (tertiary/aromatic N) is 3. The first-order valence-electron chi connectivity index (χ1n) is 9.12. The summed E-state index contributed by atoms with van der Waals surface area (Å²) < 4.78 is 0. The maximum atomic E-state index is 12.8. The van der Waals surface area contributed by atoms with Gasteiger partial charge in [0, 0.05) is 30.5 Å². The van der Waals surface area contributed by atoms with E-state index in [0.717, 1.165) is 17.7 Å². The highest BCUT2D eigenvalue weighted by Crippen LogP contribution is 2.27. The van der Waals surface area contributed by atoms with Crippen LogP contribution in [0, 0.1) is 0 Å². The molecule has 0 aliphatic heterocycles. The predicted molar refractivity (Wildman–Crippen MR) is 109 cm³/mol. The van der Waals surface area contributed by atoms with Crippen LogP contribution in [0.25, 0.3) is 11.4 Å². The van der Waals surface area contributed by atoms with E-state index in [1.54, 1.807) is 6.20 Å². The van der Waals surface area contributed by atoms with E-state index in [-0.39, 0.29) is 11.9 Å². The largest absolute Gasteiger partial charge is 0.349 e. The van der Waals surface area contributed by atoms with Gasteiger partial charge >= 0.3 is 0 Å². The number of benzene rings is 2. The van der Waals surface area contributed by atoms with Crippen molar-refractivity contribution in [3.8, 4) is 11.4 Å². The summed E-state index contributed by atoms with van der Waals surface area (Å²) in [6.45, 7) is 4.02. The van der Waals surface area contributed by atoms with Gasteiger partial charge in [0.25, 0.3) is 5.91 Å². The van der Waals surface area contributed by atoms with E-state index >= 15 is 0 Å². The van der Waals surface area contributed by atoms with Crippen LogP contribution >= 0.6 is 0 Å². The van der Waals surface area contributed by atoms with Gasteiger partial charge in [-0.15, -0.1) is 0 Å². The first-order chi connectivity index (χ1) is 13.1. The molecule has 5 heteroatoms. The summed E-state index contributed by atoms with van der Waals surface area (Å²) in [5.41, 5.74) is 2.32. The Balaban J connectivity index is 2.06. The molecular weight excluding hydrogens is 336 g/mol. The van der Waals surface area contributed by atoms with Crippen molar-refractivity contribution in [2.24, 2.45) is 0 Å². The summed E-state index contributed by atoms with van der Waals surface area (Å²) >= 11 is 0. The summed E-state index contributed by atoms with van der Waals surface area (Å²) in [5.74, 6) is 1.01. The van der Waals surface area contributed by atoms with Crippen LogP contribution in [0.1, 0.15) is 30.6 Å². The Kier molecular flexibility index (Phi) is 5.81. The van der Waals surface area contributed by atoms with Crippen LogP contribution in [0.3, 0.4) is 0 Å². The van der Waals surface area contributed by atoms with Crippen LogP contribution in [0.5, 0.6) is 0 Å². The van der Waals surface area contributed by atoms with Crippen molar-refractivity contribution in [2.75, 3.05) is 11.9 Å². The van der Waals surface area contributed by atoms with Gasteiger partial charge < -0.3 is 10.2 Å². The van der Waals surface area contributed by atoms with Gasteiger partial charge in [-0.1, -0.05) is 55.5 Å². The number of anilines is 2. The molecule has 0 bridgehead atoms. The molecular formula is C22H24N4O. The lowest BCUT2D eigenvalue weighted by molar-refractivity contribution is 0.0939. The molecule has 1 atom stereocenters. The van der Waals surface area contributed by atoms with Gasteiger partial charge in [-0.05, 0) is 25.5 Å². The van der Waals surface area contributed by atoms with Gasteiger partial charge in [0.05, 0.1) is 0 Å². The molecule has 0 fully saturated rings. The van der Waals surface area contributed by atoms with E-state index < -0.39 is 0 Å². The van der Waals surface area contributed by atoms with Crippen molar-refractivity contribution in [1.29, 1.82) is 0 Å². The third kappa shape index (κ3) is 4.31. The Morgan fingerprint density at radius 1 is 1.07 bits per heavy atom. The minimum Gasteiger partial charge on any atom is -0.349 e. The van der Waals surface area contributed by atoms with Crippen LogP contribution in [0.4, 0.5) is 11.5 Å². The predicted octanol–water partition coefficient (Wildman–Crippen LogP) is 4.44. The zero-order valence-electron chi connectivity index (χ0n) is 15.9. The van der Waals surface area contributed by atoms with Crippen molar-refractivity contribution in [3.05, 3.63) is 72.4 Å². The molecule has 27 heavy (non-hydrogen) atoms. The molecule has 0 saturated carbocycles. The van der Waals surface area contributed by atoms with Gasteiger partial charge in [0.1, 0.15) is 11.4 Å². The minimum atomic E-state index is -0.165. The van der Waals surface area contributed by atoms with Gasteiger partial charge in [-0.25, -0.2) is 9.97 Å². The Hall–Kier alpha value is -3.21. The third-order valence-electron chi connectivity index (χ3n) is 4.50. The molecule has 0 unspecified atom stereocenters. The van der Waals surface area contributed by atoms with Crippen LogP contribution in [0.2, 0.25) is 0 Å². The maximum absolute atomic E-state index is 12.8. The molecule has 0 aliphatic rings. The number of carbonyl (C=O) groups is 1. The fourth-order valence-electron chi connectivity index (χ4n) is 2.69. The zero-order chi connectivity index (χ0) is 19.2. The first kappa shape index (κ1) is 18.6. The number of rotatable bonds is 6. The number of amides is 1. The number of hydrogen-bond acceptors (Lipinski definition) is 4. The molecule has 1 heterocycles. The van der Waals surface area contributed by atoms with Gasteiger partial charge in [-0.2, -0.15) is 0 Å². The van der Waals surface area contributed by atoms with Crippen molar-refractivity contribution in [1.82, 2.24) is 15.3 Å². The highest BCUT2D eigenvalue weighted by molar-refractivity contribution is 5.99. The molecule has 1 aromatic heterocycles. The molecule has 3 rings (SSSR count). The molecule has 0 saturated heterocycles. The zero-order valence-corrected chi connectivity index (χ0v) is 15.9. The number of hydrogen-bond donors (Lipinski definition) is 1. The highest BCUT2D eigenvalue weighted by Gasteiger charge is 2.20.